The van der Waals surface area contributed by atoms with Gasteiger partial charge in [0.25, 0.3) is 0 Å². The summed E-state index contributed by atoms with van der Waals surface area (Å²) in [5.41, 5.74) is 0.371. The number of benzene rings is 1. The van der Waals surface area contributed by atoms with Gasteiger partial charge < -0.3 is 10.1 Å². The molecule has 0 saturated carbocycles. The summed E-state index contributed by atoms with van der Waals surface area (Å²) in [6, 6.07) is 4.51. The predicted octanol–water partition coefficient (Wildman–Crippen LogP) is 2.48. The molecule has 0 bridgehead atoms. The maximum Gasteiger partial charge on any atom is 0.163 e. The lowest BCUT2D eigenvalue weighted by atomic mass is 10.0. The molecule has 1 N–H and O–H groups in total. The zero-order chi connectivity index (χ0) is 12.3. The first-order valence-corrected chi connectivity index (χ1v) is 5.92. The van der Waals surface area contributed by atoms with Gasteiger partial charge in [0, 0.05) is 24.8 Å². The highest BCUT2D eigenvalue weighted by molar-refractivity contribution is 5.18. The molecule has 1 aromatic rings. The molecule has 0 spiro atoms. The SMILES string of the molecule is CC(NCc1cccc(F)c1F)C1CCOC1. The van der Waals surface area contributed by atoms with Gasteiger partial charge in [0.1, 0.15) is 0 Å². The van der Waals surface area contributed by atoms with Gasteiger partial charge in [0.15, 0.2) is 11.6 Å². The lowest BCUT2D eigenvalue weighted by Crippen LogP contribution is -2.33. The van der Waals surface area contributed by atoms with Crippen molar-refractivity contribution in [2.24, 2.45) is 5.92 Å². The van der Waals surface area contributed by atoms with Crippen molar-refractivity contribution in [1.82, 2.24) is 5.32 Å². The summed E-state index contributed by atoms with van der Waals surface area (Å²) in [5.74, 6) is -1.08. The fourth-order valence-corrected chi connectivity index (χ4v) is 2.07. The monoisotopic (exact) mass is 241 g/mol. The van der Waals surface area contributed by atoms with Crippen molar-refractivity contribution in [3.63, 3.8) is 0 Å². The largest absolute Gasteiger partial charge is 0.381 e. The molecule has 4 heteroatoms. The van der Waals surface area contributed by atoms with Gasteiger partial charge in [-0.25, -0.2) is 8.78 Å². The third-order valence-corrected chi connectivity index (χ3v) is 3.32. The molecule has 0 aromatic heterocycles. The highest BCUT2D eigenvalue weighted by atomic mass is 19.2. The minimum absolute atomic E-state index is 0.250. The molecule has 2 rings (SSSR count). The van der Waals surface area contributed by atoms with E-state index in [2.05, 4.69) is 12.2 Å². The van der Waals surface area contributed by atoms with Crippen LogP contribution in [0, 0.1) is 17.6 Å². The van der Waals surface area contributed by atoms with Crippen molar-refractivity contribution in [2.45, 2.75) is 25.9 Å². The maximum atomic E-state index is 13.4. The molecule has 2 nitrogen and oxygen atoms in total. The van der Waals surface area contributed by atoms with Gasteiger partial charge in [0.05, 0.1) is 6.61 Å². The van der Waals surface area contributed by atoms with Gasteiger partial charge in [0.2, 0.25) is 0 Å². The molecule has 1 aliphatic heterocycles. The van der Waals surface area contributed by atoms with Crippen LogP contribution in [-0.2, 0) is 11.3 Å². The summed E-state index contributed by atoms with van der Waals surface area (Å²) in [5, 5.41) is 3.22. The van der Waals surface area contributed by atoms with E-state index in [-0.39, 0.29) is 6.04 Å². The smallest absolute Gasteiger partial charge is 0.163 e. The molecule has 0 aliphatic carbocycles. The zero-order valence-electron chi connectivity index (χ0n) is 9.88. The van der Waals surface area contributed by atoms with Crippen molar-refractivity contribution in [1.29, 1.82) is 0 Å². The highest BCUT2D eigenvalue weighted by Gasteiger charge is 2.22. The average molecular weight is 241 g/mol. The molecule has 0 amide bonds. The third kappa shape index (κ3) is 3.01. The van der Waals surface area contributed by atoms with E-state index in [1.165, 1.54) is 6.07 Å². The average Bonchev–Trinajstić information content (AvgIpc) is 2.84. The normalized spacial score (nSPS) is 21.7. The Balaban J connectivity index is 1.90. The number of hydrogen-bond acceptors (Lipinski definition) is 2. The minimum Gasteiger partial charge on any atom is -0.381 e. The Kier molecular flexibility index (Phi) is 4.07. The molecular weight excluding hydrogens is 224 g/mol. The molecule has 1 heterocycles. The first kappa shape index (κ1) is 12.5. The Morgan fingerprint density at radius 1 is 1.47 bits per heavy atom. The van der Waals surface area contributed by atoms with Crippen LogP contribution >= 0.6 is 0 Å². The van der Waals surface area contributed by atoms with E-state index in [1.807, 2.05) is 0 Å². The second kappa shape index (κ2) is 5.56. The van der Waals surface area contributed by atoms with E-state index in [0.717, 1.165) is 25.7 Å². The van der Waals surface area contributed by atoms with Crippen LogP contribution in [0.3, 0.4) is 0 Å². The molecular formula is C13H17F2NO. The standard InChI is InChI=1S/C13H17F2NO/c1-9(11-5-6-17-8-11)16-7-10-3-2-4-12(14)13(10)15/h2-4,9,11,16H,5-8H2,1H3. The van der Waals surface area contributed by atoms with Crippen molar-refractivity contribution in [3.8, 4) is 0 Å². The molecule has 0 radical (unpaired) electrons. The number of rotatable bonds is 4. The van der Waals surface area contributed by atoms with Crippen LogP contribution in [-0.4, -0.2) is 19.3 Å². The Morgan fingerprint density at radius 3 is 3.00 bits per heavy atom. The predicted molar refractivity (Wildman–Crippen MR) is 61.6 cm³/mol. The van der Waals surface area contributed by atoms with Crippen LogP contribution in [0.4, 0.5) is 8.78 Å². The van der Waals surface area contributed by atoms with E-state index in [1.54, 1.807) is 6.07 Å². The number of halogens is 2. The lowest BCUT2D eigenvalue weighted by Gasteiger charge is -2.19. The third-order valence-electron chi connectivity index (χ3n) is 3.32. The van der Waals surface area contributed by atoms with Crippen molar-refractivity contribution < 1.29 is 13.5 Å². The highest BCUT2D eigenvalue weighted by Crippen LogP contribution is 2.17. The first-order chi connectivity index (χ1) is 8.18. The van der Waals surface area contributed by atoms with Gasteiger partial charge in [-0.1, -0.05) is 12.1 Å². The fraction of sp³-hybridized carbons (Fsp3) is 0.538. The molecule has 2 atom stereocenters. The lowest BCUT2D eigenvalue weighted by molar-refractivity contribution is 0.178. The second-order valence-corrected chi connectivity index (χ2v) is 4.51. The zero-order valence-corrected chi connectivity index (χ0v) is 9.88. The molecule has 1 fully saturated rings. The van der Waals surface area contributed by atoms with Crippen LogP contribution in [0.1, 0.15) is 18.9 Å². The summed E-state index contributed by atoms with van der Waals surface area (Å²) in [7, 11) is 0. The van der Waals surface area contributed by atoms with Crippen molar-refractivity contribution in [2.75, 3.05) is 13.2 Å². The van der Waals surface area contributed by atoms with Crippen LogP contribution in [0.15, 0.2) is 18.2 Å². The van der Waals surface area contributed by atoms with Gasteiger partial charge in [-0.05, 0) is 25.3 Å². The summed E-state index contributed by atoms with van der Waals surface area (Å²) in [6.07, 6.45) is 1.03. The van der Waals surface area contributed by atoms with Crippen LogP contribution in [0.5, 0.6) is 0 Å². The van der Waals surface area contributed by atoms with Gasteiger partial charge >= 0.3 is 0 Å². The summed E-state index contributed by atoms with van der Waals surface area (Å²) >= 11 is 0. The number of hydrogen-bond donors (Lipinski definition) is 1. The van der Waals surface area contributed by atoms with Crippen LogP contribution in [0.2, 0.25) is 0 Å². The van der Waals surface area contributed by atoms with Gasteiger partial charge in [-0.15, -0.1) is 0 Å². The number of ether oxygens (including phenoxy) is 1. The molecule has 2 unspecified atom stereocenters. The maximum absolute atomic E-state index is 13.4. The quantitative estimate of drug-likeness (QED) is 0.874. The summed E-state index contributed by atoms with van der Waals surface area (Å²) < 4.78 is 31.7. The topological polar surface area (TPSA) is 21.3 Å². The second-order valence-electron chi connectivity index (χ2n) is 4.51. The van der Waals surface area contributed by atoms with E-state index in [0.29, 0.717) is 18.0 Å². The van der Waals surface area contributed by atoms with Crippen molar-refractivity contribution in [3.05, 3.63) is 35.4 Å². The van der Waals surface area contributed by atoms with E-state index in [4.69, 9.17) is 4.74 Å². The number of nitrogens with one attached hydrogen (secondary N) is 1. The van der Waals surface area contributed by atoms with Gasteiger partial charge in [-0.2, -0.15) is 0 Å². The molecule has 1 aliphatic rings. The van der Waals surface area contributed by atoms with Crippen LogP contribution < -0.4 is 5.32 Å². The Bertz CT molecular complexity index is 378. The molecule has 17 heavy (non-hydrogen) atoms. The summed E-state index contributed by atoms with van der Waals surface area (Å²) in [6.45, 7) is 3.95. The molecule has 1 aromatic carbocycles. The first-order valence-electron chi connectivity index (χ1n) is 5.92. The van der Waals surface area contributed by atoms with E-state index < -0.39 is 11.6 Å². The van der Waals surface area contributed by atoms with E-state index >= 15 is 0 Å². The summed E-state index contributed by atoms with van der Waals surface area (Å²) in [4.78, 5) is 0. The Labute approximate surface area is 100.0 Å². The fourth-order valence-electron chi connectivity index (χ4n) is 2.07. The Hall–Kier alpha value is -1.00. The van der Waals surface area contributed by atoms with Crippen LogP contribution in [0.25, 0.3) is 0 Å². The minimum atomic E-state index is -0.791. The van der Waals surface area contributed by atoms with Crippen molar-refractivity contribution >= 4 is 0 Å². The Morgan fingerprint density at radius 2 is 2.29 bits per heavy atom. The van der Waals surface area contributed by atoms with Gasteiger partial charge in [-0.3, -0.25) is 0 Å². The molecule has 94 valence electrons. The molecule has 1 saturated heterocycles. The van der Waals surface area contributed by atoms with E-state index in [9.17, 15) is 8.78 Å².